The fourth-order valence-electron chi connectivity index (χ4n) is 4.16. The number of hydrogen-bond donors (Lipinski definition) is 1. The lowest BCUT2D eigenvalue weighted by atomic mass is 9.95. The number of nitrogens with zero attached hydrogens (tertiary/aromatic N) is 6. The molecule has 8 nitrogen and oxygen atoms in total. The van der Waals surface area contributed by atoms with E-state index in [0.717, 1.165) is 17.6 Å². The van der Waals surface area contributed by atoms with Crippen molar-refractivity contribution in [3.63, 3.8) is 0 Å². The molecule has 2 aromatic rings. The van der Waals surface area contributed by atoms with E-state index in [1.165, 1.54) is 6.33 Å². The summed E-state index contributed by atoms with van der Waals surface area (Å²) < 4.78 is 41.5. The van der Waals surface area contributed by atoms with Gasteiger partial charge in [-0.3, -0.25) is 4.79 Å². The number of carbonyl (C=O) groups excluding carboxylic acids is 1. The van der Waals surface area contributed by atoms with Crippen LogP contribution < -0.4 is 10.2 Å². The minimum Gasteiger partial charge on any atom is -0.363 e. The number of carbonyl (C=O) groups is 1. The molecule has 1 N–H and O–H groups in total. The van der Waals surface area contributed by atoms with Crippen LogP contribution in [0.5, 0.6) is 0 Å². The number of rotatable bonds is 5. The first-order valence-corrected chi connectivity index (χ1v) is 10.4. The van der Waals surface area contributed by atoms with Gasteiger partial charge in [0.05, 0.1) is 6.54 Å². The number of fused-ring (bicyclic) bond motifs is 1. The highest BCUT2D eigenvalue weighted by Gasteiger charge is 2.36. The average molecular weight is 437 g/mol. The molecule has 4 rings (SSSR count). The first-order valence-electron chi connectivity index (χ1n) is 10.4. The molecule has 4 heterocycles. The van der Waals surface area contributed by atoms with Gasteiger partial charge < -0.3 is 19.7 Å². The van der Waals surface area contributed by atoms with E-state index in [1.54, 1.807) is 4.57 Å². The molecule has 0 aliphatic carbocycles. The van der Waals surface area contributed by atoms with Crippen molar-refractivity contribution in [1.82, 2.24) is 24.4 Å². The number of ketones is 1. The van der Waals surface area contributed by atoms with Crippen LogP contribution in [-0.4, -0.2) is 70.5 Å². The van der Waals surface area contributed by atoms with E-state index >= 15 is 0 Å². The number of nitrogens with one attached hydrogen (secondary N) is 1. The van der Waals surface area contributed by atoms with Crippen LogP contribution in [0.1, 0.15) is 35.8 Å². The monoisotopic (exact) mass is 437 g/mol. The van der Waals surface area contributed by atoms with Crippen LogP contribution in [0.4, 0.5) is 24.8 Å². The summed E-state index contributed by atoms with van der Waals surface area (Å²) in [5, 5.41) is 3.02. The zero-order valence-corrected chi connectivity index (χ0v) is 17.6. The predicted molar refractivity (Wildman–Crippen MR) is 109 cm³/mol. The molecule has 0 radical (unpaired) electrons. The van der Waals surface area contributed by atoms with Gasteiger partial charge in [-0.15, -0.1) is 0 Å². The minimum absolute atomic E-state index is 0.0630. The Morgan fingerprint density at radius 1 is 1.23 bits per heavy atom. The Balaban J connectivity index is 1.52. The van der Waals surface area contributed by atoms with E-state index in [2.05, 4.69) is 25.2 Å². The van der Waals surface area contributed by atoms with Crippen molar-refractivity contribution >= 4 is 17.4 Å². The van der Waals surface area contributed by atoms with E-state index in [4.69, 9.17) is 0 Å². The lowest BCUT2D eigenvalue weighted by molar-refractivity contribution is -0.141. The van der Waals surface area contributed by atoms with Crippen LogP contribution in [-0.2, 0) is 23.9 Å². The van der Waals surface area contributed by atoms with E-state index in [1.807, 2.05) is 19.0 Å². The lowest BCUT2D eigenvalue weighted by Gasteiger charge is -2.34. The molecule has 0 unspecified atom stereocenters. The second kappa shape index (κ2) is 8.45. The second-order valence-corrected chi connectivity index (χ2v) is 8.33. The summed E-state index contributed by atoms with van der Waals surface area (Å²) in [5.41, 5.74) is -0.0396. The fraction of sp³-hybridized carbons (Fsp3) is 0.600. The van der Waals surface area contributed by atoms with Gasteiger partial charge in [-0.1, -0.05) is 0 Å². The maximum atomic E-state index is 13.3. The van der Waals surface area contributed by atoms with Crippen LogP contribution in [0.15, 0.2) is 12.5 Å². The van der Waals surface area contributed by atoms with Crippen LogP contribution in [0.25, 0.3) is 0 Å². The Bertz CT molecular complexity index is 949. The van der Waals surface area contributed by atoms with Gasteiger partial charge in [0.15, 0.2) is 11.5 Å². The van der Waals surface area contributed by atoms with Gasteiger partial charge in [0.2, 0.25) is 0 Å². The molecule has 0 saturated carbocycles. The summed E-state index contributed by atoms with van der Waals surface area (Å²) >= 11 is 0. The Kier molecular flexibility index (Phi) is 5.87. The van der Waals surface area contributed by atoms with Crippen LogP contribution in [0, 0.1) is 0 Å². The molecule has 31 heavy (non-hydrogen) atoms. The molecule has 0 bridgehead atoms. The molecule has 1 fully saturated rings. The van der Waals surface area contributed by atoms with Gasteiger partial charge in [0, 0.05) is 50.3 Å². The predicted octanol–water partition coefficient (Wildman–Crippen LogP) is 2.17. The highest BCUT2D eigenvalue weighted by molar-refractivity contribution is 5.90. The Labute approximate surface area is 178 Å². The maximum Gasteiger partial charge on any atom is 0.434 e. The summed E-state index contributed by atoms with van der Waals surface area (Å²) in [6.07, 6.45) is -0.233. The molecule has 0 atom stereocenters. The van der Waals surface area contributed by atoms with Crippen molar-refractivity contribution < 1.29 is 18.0 Å². The van der Waals surface area contributed by atoms with E-state index in [9.17, 15) is 18.0 Å². The zero-order chi connectivity index (χ0) is 22.2. The van der Waals surface area contributed by atoms with E-state index < -0.39 is 11.9 Å². The Morgan fingerprint density at radius 3 is 2.65 bits per heavy atom. The Hall–Kier alpha value is -2.69. The van der Waals surface area contributed by atoms with Gasteiger partial charge in [0.1, 0.15) is 23.8 Å². The number of alkyl halides is 3. The van der Waals surface area contributed by atoms with Crippen molar-refractivity contribution in [2.75, 3.05) is 50.5 Å². The SMILES string of the molecule is CN(C)CCn1cc(C(F)(F)F)nc1C1CCN(c2ncnc3c2CC(=O)CN3)CC1. The third-order valence-corrected chi connectivity index (χ3v) is 5.80. The van der Waals surface area contributed by atoms with Crippen LogP contribution >= 0.6 is 0 Å². The summed E-state index contributed by atoms with van der Waals surface area (Å²) in [6, 6.07) is 0. The fourth-order valence-corrected chi connectivity index (χ4v) is 4.16. The van der Waals surface area contributed by atoms with Crippen LogP contribution in [0.3, 0.4) is 0 Å². The standard InChI is InChI=1S/C20H26F3N7O/c1-28(2)7-8-30-11-16(20(21,22)23)27-18(30)13-3-5-29(6-4-13)19-15-9-14(31)10-24-17(15)25-12-26-19/h11-13H,3-10H2,1-2H3,(H,24,25,26). The Morgan fingerprint density at radius 2 is 1.97 bits per heavy atom. The number of anilines is 2. The van der Waals surface area contributed by atoms with Crippen molar-refractivity contribution in [2.45, 2.75) is 37.9 Å². The third-order valence-electron chi connectivity index (χ3n) is 5.80. The molecule has 11 heteroatoms. The quantitative estimate of drug-likeness (QED) is 0.768. The molecule has 2 aliphatic heterocycles. The summed E-state index contributed by atoms with van der Waals surface area (Å²) in [6.45, 7) is 2.61. The van der Waals surface area contributed by atoms with Crippen LogP contribution in [0.2, 0.25) is 0 Å². The number of Topliss-reactive ketones (excluding diaryl/α,β-unsaturated/α-hetero) is 1. The number of hydrogen-bond acceptors (Lipinski definition) is 7. The highest BCUT2D eigenvalue weighted by atomic mass is 19.4. The second-order valence-electron chi connectivity index (χ2n) is 8.33. The molecule has 2 aliphatic rings. The molecular weight excluding hydrogens is 411 g/mol. The van der Waals surface area contributed by atoms with E-state index in [-0.39, 0.29) is 18.2 Å². The first-order chi connectivity index (χ1) is 14.7. The van der Waals surface area contributed by atoms with Gasteiger partial charge >= 0.3 is 6.18 Å². The van der Waals surface area contributed by atoms with E-state index in [0.29, 0.717) is 57.1 Å². The lowest BCUT2D eigenvalue weighted by Crippen LogP contribution is -2.36. The number of imidazole rings is 1. The molecule has 0 spiro atoms. The summed E-state index contributed by atoms with van der Waals surface area (Å²) in [7, 11) is 3.78. The van der Waals surface area contributed by atoms with Gasteiger partial charge in [0.25, 0.3) is 0 Å². The number of likely N-dealkylation sites (N-methyl/N-ethyl adjacent to an activating group) is 1. The molecule has 168 valence electrons. The average Bonchev–Trinajstić information content (AvgIpc) is 3.17. The number of aromatic nitrogens is 4. The zero-order valence-electron chi connectivity index (χ0n) is 17.6. The van der Waals surface area contributed by atoms with Gasteiger partial charge in [-0.2, -0.15) is 13.2 Å². The smallest absolute Gasteiger partial charge is 0.363 e. The van der Waals surface area contributed by atoms with Gasteiger partial charge in [-0.05, 0) is 26.9 Å². The summed E-state index contributed by atoms with van der Waals surface area (Å²) in [4.78, 5) is 28.5. The molecule has 2 aromatic heterocycles. The molecule has 0 amide bonds. The van der Waals surface area contributed by atoms with Crippen molar-refractivity contribution in [3.8, 4) is 0 Å². The normalized spacial score (nSPS) is 17.7. The maximum absolute atomic E-state index is 13.3. The largest absolute Gasteiger partial charge is 0.434 e. The number of piperidine rings is 1. The first kappa shape index (κ1) is 21.5. The van der Waals surface area contributed by atoms with Gasteiger partial charge in [-0.25, -0.2) is 15.0 Å². The van der Waals surface area contributed by atoms with Crippen molar-refractivity contribution in [2.24, 2.45) is 0 Å². The number of halogens is 3. The third kappa shape index (κ3) is 4.65. The minimum atomic E-state index is -4.46. The highest BCUT2D eigenvalue weighted by Crippen LogP contribution is 2.35. The molecular formula is C20H26F3N7O. The topological polar surface area (TPSA) is 79.2 Å². The van der Waals surface area contributed by atoms with Crippen molar-refractivity contribution in [3.05, 3.63) is 29.6 Å². The summed E-state index contributed by atoms with van der Waals surface area (Å²) in [5.74, 6) is 1.93. The van der Waals surface area contributed by atoms with Crippen molar-refractivity contribution in [1.29, 1.82) is 0 Å². The molecule has 0 aromatic carbocycles. The molecule has 1 saturated heterocycles.